The molecule has 0 saturated carbocycles. The van der Waals surface area contributed by atoms with Gasteiger partial charge in [-0.05, 0) is 38.1 Å². The summed E-state index contributed by atoms with van der Waals surface area (Å²) in [7, 11) is 0. The maximum absolute atomic E-state index is 13.3. The van der Waals surface area contributed by atoms with Crippen molar-refractivity contribution >= 4 is 11.7 Å². The van der Waals surface area contributed by atoms with E-state index < -0.39 is 42.1 Å². The zero-order valence-corrected chi connectivity index (χ0v) is 20.4. The summed E-state index contributed by atoms with van der Waals surface area (Å²) >= 11 is 0. The SMILES string of the molecule is O=C(c1ccc(C(F)(F)F)cc1)C1CCN(CC(=O)N(Cc2nc3c(c(=O)[nH]2)COCC3)CC(F)F)CC1. The standard InChI is InChI=1S/C25H27F5N4O4/c26-20(27)11-34(12-21-31-19-7-10-38-14-18(19)24(37)32-21)22(35)13-33-8-5-16(6-9-33)23(36)15-1-3-17(4-2-15)25(28,29)30/h1-4,16,20H,5-14H2,(H,31,32,37). The Kier molecular flexibility index (Phi) is 8.56. The van der Waals surface area contributed by atoms with Crippen LogP contribution < -0.4 is 5.56 Å². The normalized spacial score (nSPS) is 16.9. The Morgan fingerprint density at radius 3 is 2.47 bits per heavy atom. The smallest absolute Gasteiger partial charge is 0.376 e. The molecule has 0 unspecified atom stereocenters. The lowest BCUT2D eigenvalue weighted by Gasteiger charge is -2.32. The van der Waals surface area contributed by atoms with Crippen LogP contribution in [0.4, 0.5) is 22.0 Å². The number of carbonyl (C=O) groups excluding carboxylic acids is 2. The molecule has 206 valence electrons. The maximum Gasteiger partial charge on any atom is 0.416 e. The number of nitrogens with zero attached hydrogens (tertiary/aromatic N) is 3. The number of H-pyrrole nitrogens is 1. The molecule has 1 saturated heterocycles. The van der Waals surface area contributed by atoms with Gasteiger partial charge in [-0.25, -0.2) is 13.8 Å². The van der Waals surface area contributed by atoms with Gasteiger partial charge in [-0.1, -0.05) is 12.1 Å². The molecule has 0 bridgehead atoms. The Hall–Kier alpha value is -3.19. The third-order valence-electron chi connectivity index (χ3n) is 6.75. The van der Waals surface area contributed by atoms with Crippen molar-refractivity contribution in [2.75, 3.05) is 32.8 Å². The lowest BCUT2D eigenvalue weighted by molar-refractivity contribution is -0.137. The first-order valence-electron chi connectivity index (χ1n) is 12.2. The minimum absolute atomic E-state index is 0.116. The highest BCUT2D eigenvalue weighted by molar-refractivity contribution is 5.98. The molecule has 1 fully saturated rings. The highest BCUT2D eigenvalue weighted by Crippen LogP contribution is 2.30. The summed E-state index contributed by atoms with van der Waals surface area (Å²) < 4.78 is 70.1. The number of likely N-dealkylation sites (tertiary alicyclic amines) is 1. The van der Waals surface area contributed by atoms with Crippen molar-refractivity contribution in [2.24, 2.45) is 5.92 Å². The van der Waals surface area contributed by atoms with E-state index in [9.17, 15) is 36.3 Å². The quantitative estimate of drug-likeness (QED) is 0.407. The first-order valence-corrected chi connectivity index (χ1v) is 12.2. The molecule has 1 N–H and O–H groups in total. The summed E-state index contributed by atoms with van der Waals surface area (Å²) in [4.78, 5) is 47.6. The lowest BCUT2D eigenvalue weighted by Crippen LogP contribution is -2.45. The van der Waals surface area contributed by atoms with E-state index in [1.54, 1.807) is 4.90 Å². The van der Waals surface area contributed by atoms with Crippen LogP contribution in [0.2, 0.25) is 0 Å². The van der Waals surface area contributed by atoms with Gasteiger partial charge < -0.3 is 14.6 Å². The molecule has 2 aliphatic heterocycles. The minimum Gasteiger partial charge on any atom is -0.376 e. The van der Waals surface area contributed by atoms with Gasteiger partial charge in [0, 0.05) is 17.9 Å². The number of amides is 1. The average Bonchev–Trinajstić information content (AvgIpc) is 2.88. The average molecular weight is 543 g/mol. The zero-order chi connectivity index (χ0) is 27.4. The number of aromatic amines is 1. The fourth-order valence-electron chi connectivity index (χ4n) is 4.68. The van der Waals surface area contributed by atoms with E-state index in [-0.39, 0.29) is 36.9 Å². The van der Waals surface area contributed by atoms with Gasteiger partial charge in [0.05, 0.1) is 49.7 Å². The minimum atomic E-state index is -4.49. The van der Waals surface area contributed by atoms with Crippen LogP contribution in [0.3, 0.4) is 0 Å². The molecule has 2 aromatic rings. The number of ketones is 1. The summed E-state index contributed by atoms with van der Waals surface area (Å²) in [5.41, 5.74) is -0.151. The topological polar surface area (TPSA) is 95.6 Å². The summed E-state index contributed by atoms with van der Waals surface area (Å²) in [5.74, 6) is -1.13. The summed E-state index contributed by atoms with van der Waals surface area (Å²) in [6.07, 6.45) is -6.11. The second-order valence-electron chi connectivity index (χ2n) is 9.40. The number of hydrogen-bond donors (Lipinski definition) is 1. The number of fused-ring (bicyclic) bond motifs is 1. The lowest BCUT2D eigenvalue weighted by atomic mass is 9.88. The zero-order valence-electron chi connectivity index (χ0n) is 20.4. The van der Waals surface area contributed by atoms with Crippen LogP contribution in [0.1, 0.15) is 45.8 Å². The van der Waals surface area contributed by atoms with Crippen LogP contribution in [0.15, 0.2) is 29.1 Å². The molecule has 0 aliphatic carbocycles. The van der Waals surface area contributed by atoms with E-state index in [1.807, 2.05) is 0 Å². The maximum atomic E-state index is 13.3. The van der Waals surface area contributed by atoms with E-state index in [0.29, 0.717) is 50.2 Å². The van der Waals surface area contributed by atoms with Crippen LogP contribution in [0, 0.1) is 5.92 Å². The van der Waals surface area contributed by atoms with Crippen LogP contribution in [0.5, 0.6) is 0 Å². The third-order valence-corrected chi connectivity index (χ3v) is 6.75. The van der Waals surface area contributed by atoms with Gasteiger partial charge in [-0.3, -0.25) is 19.3 Å². The highest BCUT2D eigenvalue weighted by atomic mass is 19.4. The summed E-state index contributed by atoms with van der Waals surface area (Å²) in [5, 5.41) is 0. The molecular formula is C25H27F5N4O4. The molecule has 4 rings (SSSR count). The van der Waals surface area contributed by atoms with Crippen LogP contribution >= 0.6 is 0 Å². The molecular weight excluding hydrogens is 515 g/mol. The van der Waals surface area contributed by atoms with E-state index in [2.05, 4.69) is 9.97 Å². The second kappa shape index (κ2) is 11.7. The third kappa shape index (κ3) is 6.81. The molecule has 0 radical (unpaired) electrons. The van der Waals surface area contributed by atoms with Crippen molar-refractivity contribution in [1.29, 1.82) is 0 Å². The van der Waals surface area contributed by atoms with Crippen molar-refractivity contribution < 1.29 is 36.3 Å². The number of carbonyl (C=O) groups is 2. The van der Waals surface area contributed by atoms with Crippen molar-refractivity contribution in [3.05, 3.63) is 62.8 Å². The van der Waals surface area contributed by atoms with Gasteiger partial charge in [0.15, 0.2) is 5.78 Å². The summed E-state index contributed by atoms with van der Waals surface area (Å²) in [6, 6.07) is 4.07. The van der Waals surface area contributed by atoms with Gasteiger partial charge in [0.2, 0.25) is 5.91 Å². The van der Waals surface area contributed by atoms with Gasteiger partial charge in [-0.2, -0.15) is 13.2 Å². The number of rotatable bonds is 8. The number of aromatic nitrogens is 2. The number of alkyl halides is 5. The number of piperidine rings is 1. The molecule has 0 spiro atoms. The largest absolute Gasteiger partial charge is 0.416 e. The van der Waals surface area contributed by atoms with Crippen molar-refractivity contribution in [3.8, 4) is 0 Å². The Balaban J connectivity index is 1.34. The first kappa shape index (κ1) is 27.8. The number of hydrogen-bond acceptors (Lipinski definition) is 6. The van der Waals surface area contributed by atoms with E-state index in [0.717, 1.165) is 29.2 Å². The number of nitrogens with one attached hydrogen (secondary N) is 1. The Morgan fingerprint density at radius 2 is 1.84 bits per heavy atom. The Labute approximate surface area is 214 Å². The molecule has 1 aromatic heterocycles. The number of Topliss-reactive ketones (excluding diaryl/α,β-unsaturated/α-hetero) is 1. The van der Waals surface area contributed by atoms with Crippen molar-refractivity contribution in [2.45, 2.75) is 45.0 Å². The fourth-order valence-corrected chi connectivity index (χ4v) is 4.68. The Bertz CT molecular complexity index is 1210. The predicted octanol–water partition coefficient (Wildman–Crippen LogP) is 3.05. The molecule has 8 nitrogen and oxygen atoms in total. The molecule has 0 atom stereocenters. The first-order chi connectivity index (χ1) is 18.0. The van der Waals surface area contributed by atoms with E-state index >= 15 is 0 Å². The predicted molar refractivity (Wildman–Crippen MR) is 125 cm³/mol. The van der Waals surface area contributed by atoms with Gasteiger partial charge >= 0.3 is 6.18 Å². The number of benzene rings is 1. The molecule has 13 heteroatoms. The van der Waals surface area contributed by atoms with Crippen molar-refractivity contribution in [3.63, 3.8) is 0 Å². The summed E-state index contributed by atoms with van der Waals surface area (Å²) in [6.45, 7) is -0.0642. The van der Waals surface area contributed by atoms with Crippen LogP contribution in [-0.2, 0) is 35.3 Å². The molecule has 38 heavy (non-hydrogen) atoms. The fraction of sp³-hybridized carbons (Fsp3) is 0.520. The van der Waals surface area contributed by atoms with E-state index in [1.165, 1.54) is 0 Å². The van der Waals surface area contributed by atoms with Crippen LogP contribution in [-0.4, -0.2) is 70.7 Å². The second-order valence-corrected chi connectivity index (χ2v) is 9.40. The molecule has 1 aromatic carbocycles. The number of halogens is 5. The van der Waals surface area contributed by atoms with Gasteiger partial charge in [0.1, 0.15) is 5.82 Å². The van der Waals surface area contributed by atoms with Gasteiger partial charge in [-0.15, -0.1) is 0 Å². The number of ether oxygens (including phenoxy) is 1. The van der Waals surface area contributed by atoms with Gasteiger partial charge in [0.25, 0.3) is 12.0 Å². The van der Waals surface area contributed by atoms with Crippen molar-refractivity contribution in [1.82, 2.24) is 19.8 Å². The highest BCUT2D eigenvalue weighted by Gasteiger charge is 2.32. The monoisotopic (exact) mass is 542 g/mol. The molecule has 2 aliphatic rings. The molecule has 3 heterocycles. The Morgan fingerprint density at radius 1 is 1.16 bits per heavy atom. The van der Waals surface area contributed by atoms with E-state index in [4.69, 9.17) is 4.74 Å². The van der Waals surface area contributed by atoms with Crippen LogP contribution in [0.25, 0.3) is 0 Å². The molecule has 1 amide bonds.